The SMILES string of the molecule is CCCNC(CCC)C1CCCCS1. The van der Waals surface area contributed by atoms with E-state index in [9.17, 15) is 0 Å². The molecule has 2 atom stereocenters. The van der Waals surface area contributed by atoms with E-state index in [4.69, 9.17) is 0 Å². The largest absolute Gasteiger partial charge is 0.313 e. The summed E-state index contributed by atoms with van der Waals surface area (Å²) in [6.07, 6.45) is 8.26. The van der Waals surface area contributed by atoms with Crippen LogP contribution in [0.25, 0.3) is 0 Å². The van der Waals surface area contributed by atoms with Gasteiger partial charge in [0.05, 0.1) is 0 Å². The lowest BCUT2D eigenvalue weighted by atomic mass is 10.0. The van der Waals surface area contributed by atoms with E-state index in [1.54, 1.807) is 0 Å². The highest BCUT2D eigenvalue weighted by Gasteiger charge is 2.22. The molecule has 0 saturated carbocycles. The Morgan fingerprint density at radius 3 is 2.71 bits per heavy atom. The molecule has 1 fully saturated rings. The summed E-state index contributed by atoms with van der Waals surface area (Å²) in [5, 5.41) is 4.62. The molecule has 14 heavy (non-hydrogen) atoms. The average Bonchev–Trinajstić information content (AvgIpc) is 2.25. The smallest absolute Gasteiger partial charge is 0.0201 e. The van der Waals surface area contributed by atoms with Gasteiger partial charge < -0.3 is 5.32 Å². The summed E-state index contributed by atoms with van der Waals surface area (Å²) in [6, 6.07) is 0.783. The second-order valence-corrected chi connectivity index (χ2v) is 5.60. The predicted octanol–water partition coefficient (Wildman–Crippen LogP) is 3.44. The van der Waals surface area contributed by atoms with Crippen molar-refractivity contribution in [3.8, 4) is 0 Å². The second kappa shape index (κ2) is 7.58. The Balaban J connectivity index is 2.30. The van der Waals surface area contributed by atoms with Gasteiger partial charge >= 0.3 is 0 Å². The van der Waals surface area contributed by atoms with Gasteiger partial charge in [0.1, 0.15) is 0 Å². The van der Waals surface area contributed by atoms with Crippen molar-refractivity contribution in [2.75, 3.05) is 12.3 Å². The molecule has 0 spiro atoms. The van der Waals surface area contributed by atoms with Crippen molar-refractivity contribution in [2.24, 2.45) is 0 Å². The molecule has 0 aromatic heterocycles. The molecule has 0 aromatic carbocycles. The monoisotopic (exact) mass is 215 g/mol. The third-order valence-electron chi connectivity index (χ3n) is 2.92. The minimum atomic E-state index is 0.783. The third kappa shape index (κ3) is 4.22. The summed E-state index contributed by atoms with van der Waals surface area (Å²) in [5.41, 5.74) is 0. The summed E-state index contributed by atoms with van der Waals surface area (Å²) in [6.45, 7) is 5.75. The molecule has 1 saturated heterocycles. The molecule has 2 unspecified atom stereocenters. The van der Waals surface area contributed by atoms with Crippen molar-refractivity contribution in [3.63, 3.8) is 0 Å². The molecule has 0 amide bonds. The number of hydrogen-bond acceptors (Lipinski definition) is 2. The zero-order valence-electron chi connectivity index (χ0n) is 9.72. The molecule has 1 nitrogen and oxygen atoms in total. The van der Waals surface area contributed by atoms with Gasteiger partial charge in [-0.2, -0.15) is 11.8 Å². The minimum absolute atomic E-state index is 0.783. The van der Waals surface area contributed by atoms with Crippen molar-refractivity contribution in [3.05, 3.63) is 0 Å². The van der Waals surface area contributed by atoms with E-state index in [0.717, 1.165) is 11.3 Å². The van der Waals surface area contributed by atoms with Crippen LogP contribution >= 0.6 is 11.8 Å². The summed E-state index contributed by atoms with van der Waals surface area (Å²) < 4.78 is 0. The van der Waals surface area contributed by atoms with Crippen molar-refractivity contribution >= 4 is 11.8 Å². The third-order valence-corrected chi connectivity index (χ3v) is 4.44. The molecule has 1 aliphatic rings. The molecular formula is C12H25NS. The summed E-state index contributed by atoms with van der Waals surface area (Å²) in [4.78, 5) is 0. The van der Waals surface area contributed by atoms with Crippen LogP contribution in [-0.2, 0) is 0 Å². The maximum absolute atomic E-state index is 3.72. The standard InChI is InChI=1S/C12H25NS/c1-3-7-11(13-9-4-2)12-8-5-6-10-14-12/h11-13H,3-10H2,1-2H3. The maximum Gasteiger partial charge on any atom is 0.0201 e. The summed E-state index contributed by atoms with van der Waals surface area (Å²) in [5.74, 6) is 1.39. The molecule has 2 heteroatoms. The minimum Gasteiger partial charge on any atom is -0.313 e. The second-order valence-electron chi connectivity index (χ2n) is 4.25. The number of rotatable bonds is 6. The Morgan fingerprint density at radius 2 is 2.14 bits per heavy atom. The van der Waals surface area contributed by atoms with Crippen LogP contribution in [0.1, 0.15) is 52.4 Å². The molecule has 1 aliphatic heterocycles. The van der Waals surface area contributed by atoms with Crippen LogP contribution < -0.4 is 5.32 Å². The zero-order valence-corrected chi connectivity index (χ0v) is 10.5. The van der Waals surface area contributed by atoms with Crippen molar-refractivity contribution in [1.82, 2.24) is 5.32 Å². The van der Waals surface area contributed by atoms with Gasteiger partial charge in [-0.1, -0.05) is 26.7 Å². The highest BCUT2D eigenvalue weighted by Crippen LogP contribution is 2.29. The molecular weight excluding hydrogens is 190 g/mol. The van der Waals surface area contributed by atoms with Gasteiger partial charge in [0, 0.05) is 11.3 Å². The fourth-order valence-electron chi connectivity index (χ4n) is 2.14. The van der Waals surface area contributed by atoms with Crippen LogP contribution in [0, 0.1) is 0 Å². The van der Waals surface area contributed by atoms with E-state index in [-0.39, 0.29) is 0 Å². The van der Waals surface area contributed by atoms with Gasteiger partial charge in [-0.25, -0.2) is 0 Å². The highest BCUT2D eigenvalue weighted by molar-refractivity contribution is 8.00. The van der Waals surface area contributed by atoms with Crippen molar-refractivity contribution in [1.29, 1.82) is 0 Å². The Labute approximate surface area is 93.4 Å². The van der Waals surface area contributed by atoms with E-state index in [1.165, 1.54) is 50.8 Å². The number of thioether (sulfide) groups is 1. The Bertz CT molecular complexity index is 132. The quantitative estimate of drug-likeness (QED) is 0.728. The Morgan fingerprint density at radius 1 is 1.29 bits per heavy atom. The molecule has 1 N–H and O–H groups in total. The first-order valence-electron chi connectivity index (χ1n) is 6.23. The lowest BCUT2D eigenvalue weighted by Gasteiger charge is -2.30. The van der Waals surface area contributed by atoms with Gasteiger partial charge in [-0.15, -0.1) is 0 Å². The molecule has 0 bridgehead atoms. The van der Waals surface area contributed by atoms with Crippen molar-refractivity contribution < 1.29 is 0 Å². The fourth-order valence-corrected chi connectivity index (χ4v) is 3.61. The topological polar surface area (TPSA) is 12.0 Å². The van der Waals surface area contributed by atoms with E-state index in [0.29, 0.717) is 0 Å². The Hall–Kier alpha value is 0.310. The van der Waals surface area contributed by atoms with E-state index >= 15 is 0 Å². The summed E-state index contributed by atoms with van der Waals surface area (Å²) >= 11 is 2.20. The van der Waals surface area contributed by atoms with Crippen LogP contribution in [0.5, 0.6) is 0 Å². The van der Waals surface area contributed by atoms with Gasteiger partial charge in [0.25, 0.3) is 0 Å². The van der Waals surface area contributed by atoms with Gasteiger partial charge in [-0.05, 0) is 38.0 Å². The van der Waals surface area contributed by atoms with Crippen LogP contribution in [0.2, 0.25) is 0 Å². The van der Waals surface area contributed by atoms with E-state index < -0.39 is 0 Å². The van der Waals surface area contributed by atoms with Gasteiger partial charge in [0.2, 0.25) is 0 Å². The van der Waals surface area contributed by atoms with Gasteiger partial charge in [0.15, 0.2) is 0 Å². The van der Waals surface area contributed by atoms with Gasteiger partial charge in [-0.3, -0.25) is 0 Å². The maximum atomic E-state index is 3.72. The predicted molar refractivity (Wildman–Crippen MR) is 67.1 cm³/mol. The molecule has 84 valence electrons. The van der Waals surface area contributed by atoms with Crippen molar-refractivity contribution in [2.45, 2.75) is 63.7 Å². The lowest BCUT2D eigenvalue weighted by Crippen LogP contribution is -2.39. The highest BCUT2D eigenvalue weighted by atomic mass is 32.2. The normalized spacial score (nSPS) is 24.9. The van der Waals surface area contributed by atoms with E-state index in [1.807, 2.05) is 0 Å². The molecule has 0 radical (unpaired) electrons. The Kier molecular flexibility index (Phi) is 6.70. The first-order valence-corrected chi connectivity index (χ1v) is 7.28. The van der Waals surface area contributed by atoms with Crippen LogP contribution in [0.15, 0.2) is 0 Å². The molecule has 1 rings (SSSR count). The molecule has 0 aliphatic carbocycles. The lowest BCUT2D eigenvalue weighted by molar-refractivity contribution is 0.436. The van der Waals surface area contributed by atoms with E-state index in [2.05, 4.69) is 30.9 Å². The number of nitrogens with one attached hydrogen (secondary N) is 1. The first-order chi connectivity index (χ1) is 6.88. The van der Waals surface area contributed by atoms with Crippen LogP contribution in [-0.4, -0.2) is 23.6 Å². The van der Waals surface area contributed by atoms with Crippen LogP contribution in [0.4, 0.5) is 0 Å². The first kappa shape index (κ1) is 12.4. The van der Waals surface area contributed by atoms with Crippen LogP contribution in [0.3, 0.4) is 0 Å². The average molecular weight is 215 g/mol. The zero-order chi connectivity index (χ0) is 10.2. The molecule has 1 heterocycles. The summed E-state index contributed by atoms with van der Waals surface area (Å²) in [7, 11) is 0. The fraction of sp³-hybridized carbons (Fsp3) is 1.00. The number of hydrogen-bond donors (Lipinski definition) is 1. The molecule has 0 aromatic rings.